The lowest BCUT2D eigenvalue weighted by molar-refractivity contribution is -0.116. The first-order valence-electron chi connectivity index (χ1n) is 10.6. The van der Waals surface area contributed by atoms with E-state index in [1.54, 1.807) is 12.1 Å². The van der Waals surface area contributed by atoms with Gasteiger partial charge in [0.15, 0.2) is 5.78 Å². The van der Waals surface area contributed by atoms with E-state index < -0.39 is 5.92 Å². The van der Waals surface area contributed by atoms with Crippen molar-refractivity contribution in [3.8, 4) is 11.8 Å². The van der Waals surface area contributed by atoms with Crippen LogP contribution >= 0.6 is 11.6 Å². The van der Waals surface area contributed by atoms with E-state index in [1.165, 1.54) is 0 Å². The van der Waals surface area contributed by atoms with Gasteiger partial charge in [0.25, 0.3) is 0 Å². The molecule has 5 nitrogen and oxygen atoms in total. The summed E-state index contributed by atoms with van der Waals surface area (Å²) in [6.07, 6.45) is 1.83. The molecular weight excluding hydrogens is 424 g/mol. The molecule has 1 heterocycles. The van der Waals surface area contributed by atoms with Gasteiger partial charge in [-0.15, -0.1) is 0 Å². The molecule has 0 bridgehead atoms. The Kier molecular flexibility index (Phi) is 5.99. The van der Waals surface area contributed by atoms with Gasteiger partial charge < -0.3 is 15.2 Å². The van der Waals surface area contributed by atoms with Crippen LogP contribution in [0.15, 0.2) is 53.1 Å². The van der Waals surface area contributed by atoms with Gasteiger partial charge in [0.05, 0.1) is 5.92 Å². The molecule has 32 heavy (non-hydrogen) atoms. The Morgan fingerprint density at radius 3 is 2.59 bits per heavy atom. The lowest BCUT2D eigenvalue weighted by atomic mass is 9.74. The van der Waals surface area contributed by atoms with Gasteiger partial charge in [-0.05, 0) is 79.3 Å². The number of hydrogen-bond donors (Lipinski definition) is 1. The van der Waals surface area contributed by atoms with E-state index >= 15 is 0 Å². The van der Waals surface area contributed by atoms with Crippen LogP contribution in [-0.4, -0.2) is 5.78 Å². The number of halogens is 1. The van der Waals surface area contributed by atoms with Crippen LogP contribution in [0.3, 0.4) is 0 Å². The number of nitriles is 1. The van der Waals surface area contributed by atoms with Gasteiger partial charge in [0.1, 0.15) is 29.8 Å². The largest absolute Gasteiger partial charge is 0.489 e. The molecule has 4 rings (SSSR count). The Morgan fingerprint density at radius 1 is 1.19 bits per heavy atom. The summed E-state index contributed by atoms with van der Waals surface area (Å²) >= 11 is 5.97. The normalized spacial score (nSPS) is 18.2. The standard InChI is InChI=1S/C26H25ClN2O3/c1-14-11-15(2)23(16(3)20(14)13-31-18-9-7-17(27)8-10-18)24-19(12-28)26(29)32-22-6-4-5-21(30)25(22)24/h7-11,24H,4-6,13,29H2,1-3H3/t24-/m1/s1. The van der Waals surface area contributed by atoms with Crippen LogP contribution in [0.2, 0.25) is 5.02 Å². The van der Waals surface area contributed by atoms with Gasteiger partial charge in [0.2, 0.25) is 5.88 Å². The van der Waals surface area contributed by atoms with Crippen molar-refractivity contribution in [2.45, 2.75) is 52.6 Å². The molecule has 1 atom stereocenters. The average Bonchev–Trinajstić information content (AvgIpc) is 2.74. The molecule has 0 spiro atoms. The Labute approximate surface area is 193 Å². The highest BCUT2D eigenvalue weighted by Crippen LogP contribution is 2.46. The summed E-state index contributed by atoms with van der Waals surface area (Å²) in [5.74, 6) is 0.905. The summed E-state index contributed by atoms with van der Waals surface area (Å²) in [5.41, 5.74) is 12.0. The van der Waals surface area contributed by atoms with E-state index in [0.717, 1.165) is 40.0 Å². The van der Waals surface area contributed by atoms with Gasteiger partial charge in [-0.2, -0.15) is 5.26 Å². The second kappa shape index (κ2) is 8.72. The van der Waals surface area contributed by atoms with Crippen LogP contribution in [-0.2, 0) is 16.1 Å². The van der Waals surface area contributed by atoms with Crippen molar-refractivity contribution in [3.05, 3.63) is 86.0 Å². The fourth-order valence-electron chi connectivity index (χ4n) is 4.74. The molecular formula is C26H25ClN2O3. The molecule has 2 aromatic rings. The molecule has 2 aromatic carbocycles. The molecule has 0 saturated heterocycles. The Balaban J connectivity index is 1.81. The number of benzene rings is 2. The minimum absolute atomic E-state index is 0.0230. The van der Waals surface area contributed by atoms with Crippen LogP contribution in [0.1, 0.15) is 53.0 Å². The number of carbonyl (C=O) groups is 1. The van der Waals surface area contributed by atoms with Gasteiger partial charge in [-0.3, -0.25) is 4.79 Å². The molecule has 0 radical (unpaired) electrons. The number of nitrogens with zero attached hydrogens (tertiary/aromatic N) is 1. The fourth-order valence-corrected chi connectivity index (χ4v) is 4.87. The second-order valence-electron chi connectivity index (χ2n) is 8.31. The first kappa shape index (κ1) is 22.0. The summed E-state index contributed by atoms with van der Waals surface area (Å²) in [5, 5.41) is 10.6. The predicted molar refractivity (Wildman–Crippen MR) is 123 cm³/mol. The number of allylic oxidation sites excluding steroid dienone is 3. The van der Waals surface area contributed by atoms with Crippen molar-refractivity contribution in [2.75, 3.05) is 0 Å². The number of rotatable bonds is 4. The molecule has 0 unspecified atom stereocenters. The number of ether oxygens (including phenoxy) is 2. The Morgan fingerprint density at radius 2 is 1.91 bits per heavy atom. The number of hydrogen-bond acceptors (Lipinski definition) is 5. The molecule has 2 aliphatic rings. The molecule has 164 valence electrons. The maximum Gasteiger partial charge on any atom is 0.205 e. The summed E-state index contributed by atoms with van der Waals surface area (Å²) in [6, 6.07) is 11.5. The van der Waals surface area contributed by atoms with E-state index in [9.17, 15) is 10.1 Å². The van der Waals surface area contributed by atoms with E-state index in [-0.39, 0.29) is 11.7 Å². The van der Waals surface area contributed by atoms with Crippen LogP contribution in [0.25, 0.3) is 0 Å². The molecule has 0 amide bonds. The molecule has 0 saturated carbocycles. The van der Waals surface area contributed by atoms with Crippen molar-refractivity contribution in [2.24, 2.45) is 5.73 Å². The summed E-state index contributed by atoms with van der Waals surface area (Å²) in [7, 11) is 0. The van der Waals surface area contributed by atoms with Crippen LogP contribution in [0.4, 0.5) is 0 Å². The van der Waals surface area contributed by atoms with Gasteiger partial charge in [-0.25, -0.2) is 0 Å². The fraction of sp³-hybridized carbons (Fsp3) is 0.308. The maximum absolute atomic E-state index is 12.9. The number of aryl methyl sites for hydroxylation is 2. The van der Waals surface area contributed by atoms with Gasteiger partial charge in [0, 0.05) is 23.4 Å². The SMILES string of the molecule is Cc1cc(C)c([C@H]2C(C#N)=C(N)OC3=C2C(=O)CCC3)c(C)c1COc1ccc(Cl)cc1. The Bertz CT molecular complexity index is 1200. The zero-order chi connectivity index (χ0) is 23.0. The topological polar surface area (TPSA) is 85.3 Å². The zero-order valence-corrected chi connectivity index (χ0v) is 19.2. The number of ketones is 1. The van der Waals surface area contributed by atoms with Gasteiger partial charge >= 0.3 is 0 Å². The van der Waals surface area contributed by atoms with Crippen molar-refractivity contribution < 1.29 is 14.3 Å². The first-order chi connectivity index (χ1) is 15.3. The monoisotopic (exact) mass is 448 g/mol. The van der Waals surface area contributed by atoms with Gasteiger partial charge in [-0.1, -0.05) is 17.7 Å². The summed E-state index contributed by atoms with van der Waals surface area (Å²) < 4.78 is 11.8. The smallest absolute Gasteiger partial charge is 0.205 e. The number of nitrogens with two attached hydrogens (primary N) is 1. The summed E-state index contributed by atoms with van der Waals surface area (Å²) in [4.78, 5) is 12.9. The van der Waals surface area contributed by atoms with Crippen molar-refractivity contribution >= 4 is 17.4 Å². The third-order valence-electron chi connectivity index (χ3n) is 6.28. The molecule has 1 aliphatic heterocycles. The van der Waals surface area contributed by atoms with Crippen molar-refractivity contribution in [1.29, 1.82) is 5.26 Å². The third-order valence-corrected chi connectivity index (χ3v) is 6.53. The Hall–Kier alpha value is -3.23. The van der Waals surface area contributed by atoms with Crippen LogP contribution in [0.5, 0.6) is 5.75 Å². The van der Waals surface area contributed by atoms with Crippen LogP contribution in [0, 0.1) is 32.1 Å². The minimum Gasteiger partial charge on any atom is -0.489 e. The molecule has 0 aromatic heterocycles. The lowest BCUT2D eigenvalue weighted by Crippen LogP contribution is -2.28. The highest BCUT2D eigenvalue weighted by molar-refractivity contribution is 6.30. The van der Waals surface area contributed by atoms with E-state index in [0.29, 0.717) is 41.4 Å². The zero-order valence-electron chi connectivity index (χ0n) is 18.4. The van der Waals surface area contributed by atoms with E-state index in [1.807, 2.05) is 32.9 Å². The van der Waals surface area contributed by atoms with Crippen LogP contribution < -0.4 is 10.5 Å². The third kappa shape index (κ3) is 3.87. The maximum atomic E-state index is 12.9. The van der Waals surface area contributed by atoms with Crippen molar-refractivity contribution in [3.63, 3.8) is 0 Å². The number of carbonyl (C=O) groups excluding carboxylic acids is 1. The number of Topliss-reactive ketones (excluding diaryl/α,β-unsaturated/α-hetero) is 1. The first-order valence-corrected chi connectivity index (χ1v) is 11.0. The summed E-state index contributed by atoms with van der Waals surface area (Å²) in [6.45, 7) is 6.42. The molecule has 0 fully saturated rings. The predicted octanol–water partition coefficient (Wildman–Crippen LogP) is 5.66. The molecule has 1 aliphatic carbocycles. The van der Waals surface area contributed by atoms with E-state index in [2.05, 4.69) is 12.1 Å². The average molecular weight is 449 g/mol. The molecule has 2 N–H and O–H groups in total. The van der Waals surface area contributed by atoms with E-state index in [4.69, 9.17) is 26.8 Å². The quantitative estimate of drug-likeness (QED) is 0.652. The van der Waals surface area contributed by atoms with Crippen molar-refractivity contribution in [1.82, 2.24) is 0 Å². The minimum atomic E-state index is -0.522. The molecule has 6 heteroatoms. The highest BCUT2D eigenvalue weighted by atomic mass is 35.5. The second-order valence-corrected chi connectivity index (χ2v) is 8.75. The highest BCUT2D eigenvalue weighted by Gasteiger charge is 2.39. The lowest BCUT2D eigenvalue weighted by Gasteiger charge is -2.33.